The SMILES string of the molecule is CC(C)COC(C)c1ccc(NC(=O)Nc2cccnc2N2CC(C)(C)c3ccccc32)cc1. The van der Waals surface area contributed by atoms with Crippen molar-refractivity contribution in [1.82, 2.24) is 4.98 Å². The smallest absolute Gasteiger partial charge is 0.323 e. The van der Waals surface area contributed by atoms with Crippen LogP contribution in [0.15, 0.2) is 66.9 Å². The highest BCUT2D eigenvalue weighted by Gasteiger charge is 2.36. The van der Waals surface area contributed by atoms with E-state index in [1.54, 1.807) is 6.20 Å². The first-order chi connectivity index (χ1) is 16.2. The molecule has 2 aromatic carbocycles. The van der Waals surface area contributed by atoms with Crippen LogP contribution in [0.1, 0.15) is 51.8 Å². The topological polar surface area (TPSA) is 66.5 Å². The number of amides is 2. The first kappa shape index (κ1) is 23.8. The molecule has 0 saturated carbocycles. The van der Waals surface area contributed by atoms with Gasteiger partial charge in [0.05, 0.1) is 11.8 Å². The van der Waals surface area contributed by atoms with Gasteiger partial charge in [-0.05, 0) is 54.3 Å². The van der Waals surface area contributed by atoms with Crippen LogP contribution in [-0.4, -0.2) is 24.2 Å². The molecule has 2 N–H and O–H groups in total. The fourth-order valence-corrected chi connectivity index (χ4v) is 4.30. The second kappa shape index (κ2) is 9.85. The lowest BCUT2D eigenvalue weighted by atomic mass is 9.87. The number of ether oxygens (including phenoxy) is 1. The fourth-order valence-electron chi connectivity index (χ4n) is 4.30. The normalized spacial score (nSPS) is 15.2. The van der Waals surface area contributed by atoms with Crippen molar-refractivity contribution in [2.45, 2.75) is 46.1 Å². The Labute approximate surface area is 202 Å². The van der Waals surface area contributed by atoms with Gasteiger partial charge in [-0.1, -0.05) is 58.0 Å². The zero-order valence-electron chi connectivity index (χ0n) is 20.6. The van der Waals surface area contributed by atoms with Crippen molar-refractivity contribution in [2.24, 2.45) is 5.92 Å². The second-order valence-electron chi connectivity index (χ2n) is 9.93. The van der Waals surface area contributed by atoms with Crippen molar-refractivity contribution in [2.75, 3.05) is 28.7 Å². The molecule has 0 bridgehead atoms. The number of nitrogens with zero attached hydrogens (tertiary/aromatic N) is 2. The van der Waals surface area contributed by atoms with E-state index < -0.39 is 0 Å². The number of para-hydroxylation sites is 1. The van der Waals surface area contributed by atoms with Crippen molar-refractivity contribution in [3.8, 4) is 0 Å². The van der Waals surface area contributed by atoms with Gasteiger partial charge in [0, 0.05) is 36.1 Å². The molecule has 0 fully saturated rings. The van der Waals surface area contributed by atoms with Crippen LogP contribution in [0.5, 0.6) is 0 Å². The number of pyridine rings is 1. The fraction of sp³-hybridized carbons (Fsp3) is 0.357. The Kier molecular flexibility index (Phi) is 6.89. The van der Waals surface area contributed by atoms with Crippen LogP contribution < -0.4 is 15.5 Å². The quantitative estimate of drug-likeness (QED) is 0.405. The number of carbonyl (C=O) groups excluding carboxylic acids is 1. The molecular formula is C28H34N4O2. The Morgan fingerprint density at radius 3 is 2.50 bits per heavy atom. The van der Waals surface area contributed by atoms with Crippen LogP contribution in [0.25, 0.3) is 0 Å². The maximum Gasteiger partial charge on any atom is 0.323 e. The van der Waals surface area contributed by atoms with Gasteiger partial charge in [0.25, 0.3) is 0 Å². The zero-order valence-corrected chi connectivity index (χ0v) is 20.6. The van der Waals surface area contributed by atoms with E-state index in [-0.39, 0.29) is 17.6 Å². The molecule has 6 heteroatoms. The molecular weight excluding hydrogens is 424 g/mol. The summed E-state index contributed by atoms with van der Waals surface area (Å²) in [7, 11) is 0. The van der Waals surface area contributed by atoms with E-state index >= 15 is 0 Å². The van der Waals surface area contributed by atoms with E-state index in [0.717, 1.165) is 35.9 Å². The van der Waals surface area contributed by atoms with Gasteiger partial charge in [0.15, 0.2) is 5.82 Å². The minimum absolute atomic E-state index is 0.00852. The average Bonchev–Trinajstić information content (AvgIpc) is 3.09. The molecule has 4 rings (SSSR count). The highest BCUT2D eigenvalue weighted by molar-refractivity contribution is 6.02. The molecule has 6 nitrogen and oxygen atoms in total. The summed E-state index contributed by atoms with van der Waals surface area (Å²) in [6.45, 7) is 12.3. The molecule has 0 radical (unpaired) electrons. The van der Waals surface area contributed by atoms with Gasteiger partial charge in [-0.3, -0.25) is 0 Å². The van der Waals surface area contributed by atoms with Crippen LogP contribution in [0.4, 0.5) is 27.7 Å². The first-order valence-corrected chi connectivity index (χ1v) is 11.9. The number of hydrogen-bond donors (Lipinski definition) is 2. The largest absolute Gasteiger partial charge is 0.374 e. The first-order valence-electron chi connectivity index (χ1n) is 11.9. The summed E-state index contributed by atoms with van der Waals surface area (Å²) in [5.41, 5.74) is 4.86. The van der Waals surface area contributed by atoms with E-state index in [1.807, 2.05) is 49.4 Å². The summed E-state index contributed by atoms with van der Waals surface area (Å²) in [5, 5.41) is 5.91. The predicted molar refractivity (Wildman–Crippen MR) is 139 cm³/mol. The maximum absolute atomic E-state index is 12.8. The Hall–Kier alpha value is -3.38. The van der Waals surface area contributed by atoms with Crippen LogP contribution in [0, 0.1) is 5.92 Å². The number of carbonyl (C=O) groups is 1. The highest BCUT2D eigenvalue weighted by Crippen LogP contribution is 2.45. The number of rotatable bonds is 7. The Morgan fingerprint density at radius 1 is 1.03 bits per heavy atom. The van der Waals surface area contributed by atoms with E-state index in [0.29, 0.717) is 11.6 Å². The number of hydrogen-bond acceptors (Lipinski definition) is 4. The number of aromatic nitrogens is 1. The Bertz CT molecular complexity index is 1140. The summed E-state index contributed by atoms with van der Waals surface area (Å²) in [4.78, 5) is 19.6. The zero-order chi connectivity index (χ0) is 24.3. The molecule has 0 aliphatic carbocycles. The van der Waals surface area contributed by atoms with Crippen molar-refractivity contribution in [3.05, 3.63) is 78.0 Å². The van der Waals surface area contributed by atoms with Crippen molar-refractivity contribution < 1.29 is 9.53 Å². The maximum atomic E-state index is 12.8. The van der Waals surface area contributed by atoms with Gasteiger partial charge in [-0.15, -0.1) is 0 Å². The van der Waals surface area contributed by atoms with Crippen LogP contribution in [0.2, 0.25) is 0 Å². The summed E-state index contributed by atoms with van der Waals surface area (Å²) in [6, 6.07) is 19.5. The highest BCUT2D eigenvalue weighted by atomic mass is 16.5. The van der Waals surface area contributed by atoms with Gasteiger partial charge in [0.1, 0.15) is 0 Å². The lowest BCUT2D eigenvalue weighted by Crippen LogP contribution is -2.27. The van der Waals surface area contributed by atoms with Crippen LogP contribution in [-0.2, 0) is 10.2 Å². The lowest BCUT2D eigenvalue weighted by molar-refractivity contribution is 0.0470. The Balaban J connectivity index is 1.45. The second-order valence-corrected chi connectivity index (χ2v) is 9.93. The molecule has 1 unspecified atom stereocenters. The van der Waals surface area contributed by atoms with Crippen molar-refractivity contribution >= 4 is 28.9 Å². The van der Waals surface area contributed by atoms with Gasteiger partial charge >= 0.3 is 6.03 Å². The van der Waals surface area contributed by atoms with Gasteiger partial charge < -0.3 is 20.3 Å². The van der Waals surface area contributed by atoms with Crippen molar-refractivity contribution in [1.29, 1.82) is 0 Å². The van der Waals surface area contributed by atoms with E-state index in [4.69, 9.17) is 4.74 Å². The standard InChI is InChI=1S/C28H34N4O2/c1-19(2)17-34-20(3)21-12-14-22(15-13-21)30-27(33)31-24-10-8-16-29-26(24)32-18-28(4,5)23-9-6-7-11-25(23)32/h6-16,19-20H,17-18H2,1-5H3,(H2,30,31,33). The number of fused-ring (bicyclic) bond motifs is 1. The van der Waals surface area contributed by atoms with Gasteiger partial charge in [0.2, 0.25) is 0 Å². The molecule has 0 spiro atoms. The average molecular weight is 459 g/mol. The number of nitrogens with one attached hydrogen (secondary N) is 2. The van der Waals surface area contributed by atoms with Crippen LogP contribution in [0.3, 0.4) is 0 Å². The minimum atomic E-state index is -0.308. The summed E-state index contributed by atoms with van der Waals surface area (Å²) in [6.07, 6.45) is 1.77. The van der Waals surface area contributed by atoms with E-state index in [1.165, 1.54) is 5.56 Å². The molecule has 3 aromatic rings. The van der Waals surface area contributed by atoms with Gasteiger partial charge in [-0.2, -0.15) is 0 Å². The number of benzene rings is 2. The summed E-state index contributed by atoms with van der Waals surface area (Å²) < 4.78 is 5.88. The third kappa shape index (κ3) is 5.23. The van der Waals surface area contributed by atoms with Crippen LogP contribution >= 0.6 is 0 Å². The molecule has 34 heavy (non-hydrogen) atoms. The molecule has 2 amide bonds. The van der Waals surface area contributed by atoms with Crippen molar-refractivity contribution in [3.63, 3.8) is 0 Å². The van der Waals surface area contributed by atoms with E-state index in [2.05, 4.69) is 66.4 Å². The monoisotopic (exact) mass is 458 g/mol. The predicted octanol–water partition coefficient (Wildman–Crippen LogP) is 6.89. The van der Waals surface area contributed by atoms with Gasteiger partial charge in [-0.25, -0.2) is 9.78 Å². The third-order valence-electron chi connectivity index (χ3n) is 6.09. The molecule has 1 atom stereocenters. The Morgan fingerprint density at radius 2 is 1.76 bits per heavy atom. The lowest BCUT2D eigenvalue weighted by Gasteiger charge is -2.24. The minimum Gasteiger partial charge on any atom is -0.374 e. The molecule has 1 aromatic heterocycles. The summed E-state index contributed by atoms with van der Waals surface area (Å²) in [5.74, 6) is 1.23. The third-order valence-corrected chi connectivity index (χ3v) is 6.09. The molecule has 0 saturated heterocycles. The molecule has 1 aliphatic heterocycles. The number of urea groups is 1. The molecule has 2 heterocycles. The number of anilines is 4. The molecule has 178 valence electrons. The summed E-state index contributed by atoms with van der Waals surface area (Å²) >= 11 is 0. The van der Waals surface area contributed by atoms with E-state index in [9.17, 15) is 4.79 Å². The molecule has 1 aliphatic rings.